The molecule has 1 aliphatic carbocycles. The SMILES string of the molecule is CN1CCC(C2(C(=O)O)CC(O)C2)CC1. The standard InChI is InChI=1S/C11H19NO3/c1-12-4-2-8(3-5-12)11(10(14)15)6-9(13)7-11/h8-9,13H,2-7H2,1H3,(H,14,15). The fraction of sp³-hybridized carbons (Fsp3) is 0.909. The van der Waals surface area contributed by atoms with Crippen LogP contribution in [0.3, 0.4) is 0 Å². The van der Waals surface area contributed by atoms with Crippen LogP contribution in [0.25, 0.3) is 0 Å². The molecule has 2 N–H and O–H groups in total. The highest BCUT2D eigenvalue weighted by atomic mass is 16.4. The van der Waals surface area contributed by atoms with Crippen molar-refractivity contribution in [3.63, 3.8) is 0 Å². The van der Waals surface area contributed by atoms with Crippen molar-refractivity contribution in [2.75, 3.05) is 20.1 Å². The molecule has 4 heteroatoms. The zero-order valence-corrected chi connectivity index (χ0v) is 9.15. The first-order chi connectivity index (χ1) is 7.04. The van der Waals surface area contributed by atoms with Crippen molar-refractivity contribution >= 4 is 5.97 Å². The van der Waals surface area contributed by atoms with E-state index in [1.54, 1.807) is 0 Å². The molecule has 0 amide bonds. The van der Waals surface area contributed by atoms with E-state index in [0.717, 1.165) is 25.9 Å². The lowest BCUT2D eigenvalue weighted by atomic mass is 9.57. The molecule has 0 radical (unpaired) electrons. The molecular weight excluding hydrogens is 194 g/mol. The van der Waals surface area contributed by atoms with Gasteiger partial charge in [0.2, 0.25) is 0 Å². The third-order valence-electron chi connectivity index (χ3n) is 4.13. The molecule has 0 atom stereocenters. The molecule has 4 nitrogen and oxygen atoms in total. The molecule has 1 aliphatic heterocycles. The van der Waals surface area contributed by atoms with E-state index in [1.165, 1.54) is 0 Å². The Balaban J connectivity index is 2.04. The fourth-order valence-electron chi connectivity index (χ4n) is 3.02. The van der Waals surface area contributed by atoms with E-state index >= 15 is 0 Å². The van der Waals surface area contributed by atoms with Gasteiger partial charge in [0.25, 0.3) is 0 Å². The average Bonchev–Trinajstić information content (AvgIpc) is 2.13. The third kappa shape index (κ3) is 1.76. The number of likely N-dealkylation sites (tertiary alicyclic amines) is 1. The molecule has 15 heavy (non-hydrogen) atoms. The molecule has 2 aliphatic rings. The van der Waals surface area contributed by atoms with Crippen LogP contribution in [0.15, 0.2) is 0 Å². The van der Waals surface area contributed by atoms with E-state index in [1.807, 2.05) is 0 Å². The second-order valence-electron chi connectivity index (χ2n) is 5.10. The van der Waals surface area contributed by atoms with E-state index in [4.69, 9.17) is 0 Å². The second kappa shape index (κ2) is 3.76. The summed E-state index contributed by atoms with van der Waals surface area (Å²) in [6.07, 6.45) is 2.43. The number of aliphatic carboxylic acids is 1. The monoisotopic (exact) mass is 213 g/mol. The van der Waals surface area contributed by atoms with E-state index in [0.29, 0.717) is 12.8 Å². The normalized spacial score (nSPS) is 38.7. The van der Waals surface area contributed by atoms with Gasteiger partial charge in [0.15, 0.2) is 0 Å². The van der Waals surface area contributed by atoms with Gasteiger partial charge in [0.05, 0.1) is 11.5 Å². The van der Waals surface area contributed by atoms with Crippen molar-refractivity contribution in [2.45, 2.75) is 31.8 Å². The van der Waals surface area contributed by atoms with Crippen LogP contribution in [-0.2, 0) is 4.79 Å². The first-order valence-corrected chi connectivity index (χ1v) is 5.64. The van der Waals surface area contributed by atoms with E-state index in [2.05, 4.69) is 11.9 Å². The number of hydrogen-bond donors (Lipinski definition) is 2. The van der Waals surface area contributed by atoms with Crippen molar-refractivity contribution < 1.29 is 15.0 Å². The molecule has 0 aromatic rings. The Bertz CT molecular complexity index is 253. The lowest BCUT2D eigenvalue weighted by Gasteiger charge is -2.49. The Morgan fingerprint density at radius 3 is 2.27 bits per heavy atom. The second-order valence-corrected chi connectivity index (χ2v) is 5.10. The molecule has 1 saturated heterocycles. The molecule has 0 spiro atoms. The molecule has 2 fully saturated rings. The Labute approximate surface area is 89.9 Å². The van der Waals surface area contributed by atoms with Crippen molar-refractivity contribution in [2.24, 2.45) is 11.3 Å². The topological polar surface area (TPSA) is 60.8 Å². The molecule has 0 unspecified atom stereocenters. The van der Waals surface area contributed by atoms with Gasteiger partial charge in [-0.3, -0.25) is 4.79 Å². The summed E-state index contributed by atoms with van der Waals surface area (Å²) >= 11 is 0. The summed E-state index contributed by atoms with van der Waals surface area (Å²) in [6, 6.07) is 0. The lowest BCUT2D eigenvalue weighted by molar-refractivity contribution is -0.173. The molecule has 0 bridgehead atoms. The highest BCUT2D eigenvalue weighted by Crippen LogP contribution is 2.50. The van der Waals surface area contributed by atoms with Gasteiger partial charge in [-0.1, -0.05) is 0 Å². The minimum atomic E-state index is -0.706. The molecule has 0 aromatic carbocycles. The zero-order valence-electron chi connectivity index (χ0n) is 9.15. The number of hydrogen-bond acceptors (Lipinski definition) is 3. The first kappa shape index (κ1) is 10.9. The Morgan fingerprint density at radius 2 is 1.87 bits per heavy atom. The fourth-order valence-corrected chi connectivity index (χ4v) is 3.02. The van der Waals surface area contributed by atoms with Crippen LogP contribution in [0, 0.1) is 11.3 Å². The van der Waals surface area contributed by atoms with Crippen LogP contribution in [0.4, 0.5) is 0 Å². The summed E-state index contributed by atoms with van der Waals surface area (Å²) in [6.45, 7) is 1.96. The highest BCUT2D eigenvalue weighted by molar-refractivity contribution is 5.76. The molecule has 0 aromatic heterocycles. The summed E-state index contributed by atoms with van der Waals surface area (Å²) in [5.74, 6) is -0.447. The predicted octanol–water partition coefficient (Wildman–Crippen LogP) is 0.554. The Kier molecular flexibility index (Phi) is 2.73. The molecule has 2 rings (SSSR count). The molecule has 86 valence electrons. The predicted molar refractivity (Wildman–Crippen MR) is 55.5 cm³/mol. The van der Waals surface area contributed by atoms with Crippen molar-refractivity contribution in [3.8, 4) is 0 Å². The summed E-state index contributed by atoms with van der Waals surface area (Å²) < 4.78 is 0. The van der Waals surface area contributed by atoms with Gasteiger partial charge in [0, 0.05) is 0 Å². The minimum absolute atomic E-state index is 0.259. The number of piperidine rings is 1. The quantitative estimate of drug-likeness (QED) is 0.703. The maximum atomic E-state index is 11.3. The maximum absolute atomic E-state index is 11.3. The van der Waals surface area contributed by atoms with Crippen LogP contribution in [-0.4, -0.2) is 47.3 Å². The number of nitrogens with zero attached hydrogens (tertiary/aromatic N) is 1. The minimum Gasteiger partial charge on any atom is -0.481 e. The highest BCUT2D eigenvalue weighted by Gasteiger charge is 2.55. The maximum Gasteiger partial charge on any atom is 0.310 e. The lowest BCUT2D eigenvalue weighted by Crippen LogP contribution is -2.54. The molecular formula is C11H19NO3. The summed E-state index contributed by atoms with van der Waals surface area (Å²) in [4.78, 5) is 13.5. The van der Waals surface area contributed by atoms with Gasteiger partial charge in [-0.05, 0) is 51.7 Å². The van der Waals surface area contributed by atoms with Crippen LogP contribution in [0.1, 0.15) is 25.7 Å². The van der Waals surface area contributed by atoms with Gasteiger partial charge >= 0.3 is 5.97 Å². The smallest absolute Gasteiger partial charge is 0.310 e. The van der Waals surface area contributed by atoms with Crippen LogP contribution >= 0.6 is 0 Å². The first-order valence-electron chi connectivity index (χ1n) is 5.64. The average molecular weight is 213 g/mol. The largest absolute Gasteiger partial charge is 0.481 e. The number of carboxylic acid groups (broad SMARTS) is 1. The van der Waals surface area contributed by atoms with Crippen LogP contribution in [0.5, 0.6) is 0 Å². The van der Waals surface area contributed by atoms with Crippen molar-refractivity contribution in [1.29, 1.82) is 0 Å². The number of carbonyl (C=O) groups is 1. The Morgan fingerprint density at radius 1 is 1.33 bits per heavy atom. The van der Waals surface area contributed by atoms with Crippen molar-refractivity contribution in [3.05, 3.63) is 0 Å². The molecule has 1 saturated carbocycles. The number of aliphatic hydroxyl groups is 1. The summed E-state index contributed by atoms with van der Waals surface area (Å²) in [7, 11) is 2.07. The van der Waals surface area contributed by atoms with Crippen LogP contribution in [0.2, 0.25) is 0 Å². The van der Waals surface area contributed by atoms with Gasteiger partial charge in [-0.25, -0.2) is 0 Å². The van der Waals surface area contributed by atoms with Crippen LogP contribution < -0.4 is 0 Å². The zero-order chi connectivity index (χ0) is 11.1. The third-order valence-corrected chi connectivity index (χ3v) is 4.13. The van der Waals surface area contributed by atoms with Crippen molar-refractivity contribution in [1.82, 2.24) is 4.90 Å². The number of rotatable bonds is 2. The van der Waals surface area contributed by atoms with Gasteiger partial charge in [0.1, 0.15) is 0 Å². The van der Waals surface area contributed by atoms with E-state index < -0.39 is 11.4 Å². The Hall–Kier alpha value is -0.610. The summed E-state index contributed by atoms with van der Waals surface area (Å²) in [5.41, 5.74) is -0.610. The number of carboxylic acids is 1. The van der Waals surface area contributed by atoms with E-state index in [9.17, 15) is 15.0 Å². The van der Waals surface area contributed by atoms with Gasteiger partial charge < -0.3 is 15.1 Å². The van der Waals surface area contributed by atoms with E-state index in [-0.39, 0.29) is 12.0 Å². The van der Waals surface area contributed by atoms with Gasteiger partial charge in [-0.2, -0.15) is 0 Å². The van der Waals surface area contributed by atoms with Gasteiger partial charge in [-0.15, -0.1) is 0 Å². The molecule has 1 heterocycles. The summed E-state index contributed by atoms with van der Waals surface area (Å²) in [5, 5.41) is 18.6. The number of aliphatic hydroxyl groups excluding tert-OH is 1.